The van der Waals surface area contributed by atoms with Gasteiger partial charge in [-0.05, 0) is 17.9 Å². The Bertz CT molecular complexity index is 339. The zero-order chi connectivity index (χ0) is 12.7. The van der Waals surface area contributed by atoms with Crippen molar-refractivity contribution in [2.45, 2.75) is 26.4 Å². The molecule has 1 aromatic rings. The Kier molecular flexibility index (Phi) is 5.66. The zero-order valence-corrected chi connectivity index (χ0v) is 10.3. The molecule has 0 heterocycles. The highest BCUT2D eigenvalue weighted by Gasteiger charge is 2.20. The van der Waals surface area contributed by atoms with Gasteiger partial charge in [-0.15, -0.1) is 0 Å². The van der Waals surface area contributed by atoms with Gasteiger partial charge in [-0.25, -0.2) is 5.84 Å². The predicted octanol–water partition coefficient (Wildman–Crippen LogP) is 1.78. The highest BCUT2D eigenvalue weighted by molar-refractivity contribution is 5.81. The van der Waals surface area contributed by atoms with Crippen LogP contribution in [-0.2, 0) is 9.53 Å². The van der Waals surface area contributed by atoms with Crippen molar-refractivity contribution in [1.29, 1.82) is 0 Å². The minimum Gasteiger partial charge on any atom is -0.364 e. The maximum Gasteiger partial charge on any atom is 0.267 e. The summed E-state index contributed by atoms with van der Waals surface area (Å²) >= 11 is 0. The molecule has 0 saturated carbocycles. The first-order chi connectivity index (χ1) is 8.15. The normalized spacial score (nSPS) is 12.5. The summed E-state index contributed by atoms with van der Waals surface area (Å²) in [6.07, 6.45) is 0.293. The SMILES string of the molecule is CC(C)CCOC(C(=O)NN)c1ccccc1. The average molecular weight is 236 g/mol. The van der Waals surface area contributed by atoms with Crippen LogP contribution in [0.25, 0.3) is 0 Å². The van der Waals surface area contributed by atoms with Crippen molar-refractivity contribution in [2.75, 3.05) is 6.61 Å². The van der Waals surface area contributed by atoms with Crippen molar-refractivity contribution >= 4 is 5.91 Å². The van der Waals surface area contributed by atoms with Gasteiger partial charge in [-0.3, -0.25) is 10.2 Å². The Balaban J connectivity index is 2.65. The summed E-state index contributed by atoms with van der Waals surface area (Å²) in [5.41, 5.74) is 2.96. The monoisotopic (exact) mass is 236 g/mol. The Morgan fingerprint density at radius 2 is 2.00 bits per heavy atom. The minimum atomic E-state index is -0.625. The smallest absolute Gasteiger partial charge is 0.267 e. The van der Waals surface area contributed by atoms with Crippen LogP contribution in [-0.4, -0.2) is 12.5 Å². The maximum atomic E-state index is 11.6. The number of carbonyl (C=O) groups excluding carboxylic acids is 1. The second kappa shape index (κ2) is 7.04. The first-order valence-electron chi connectivity index (χ1n) is 5.82. The molecular weight excluding hydrogens is 216 g/mol. The van der Waals surface area contributed by atoms with Crippen molar-refractivity contribution < 1.29 is 9.53 Å². The number of carbonyl (C=O) groups is 1. The number of rotatable bonds is 6. The molecule has 0 radical (unpaired) electrons. The number of hydrogen-bond acceptors (Lipinski definition) is 3. The van der Waals surface area contributed by atoms with E-state index in [-0.39, 0.29) is 5.91 Å². The summed E-state index contributed by atoms with van der Waals surface area (Å²) < 4.78 is 5.60. The maximum absolute atomic E-state index is 11.6. The summed E-state index contributed by atoms with van der Waals surface area (Å²) in [7, 11) is 0. The van der Waals surface area contributed by atoms with Crippen LogP contribution in [0.15, 0.2) is 30.3 Å². The van der Waals surface area contributed by atoms with Crippen molar-refractivity contribution in [3.63, 3.8) is 0 Å². The molecule has 0 aliphatic heterocycles. The topological polar surface area (TPSA) is 64.3 Å². The molecule has 3 N–H and O–H groups in total. The molecule has 0 saturated heterocycles. The van der Waals surface area contributed by atoms with Gasteiger partial charge in [0, 0.05) is 6.61 Å². The molecule has 0 fully saturated rings. The molecule has 1 unspecified atom stereocenters. The average Bonchev–Trinajstić information content (AvgIpc) is 2.34. The number of nitrogens with one attached hydrogen (secondary N) is 1. The van der Waals surface area contributed by atoms with E-state index in [0.717, 1.165) is 12.0 Å². The molecule has 0 spiro atoms. The summed E-state index contributed by atoms with van der Waals surface area (Å²) in [5.74, 6) is 5.39. The first-order valence-corrected chi connectivity index (χ1v) is 5.82. The highest BCUT2D eigenvalue weighted by Crippen LogP contribution is 2.18. The molecule has 17 heavy (non-hydrogen) atoms. The molecule has 0 aromatic heterocycles. The summed E-state index contributed by atoms with van der Waals surface area (Å²) in [6, 6.07) is 9.36. The van der Waals surface area contributed by atoms with E-state index in [2.05, 4.69) is 19.3 Å². The van der Waals surface area contributed by atoms with E-state index >= 15 is 0 Å². The van der Waals surface area contributed by atoms with Crippen molar-refractivity contribution in [1.82, 2.24) is 5.43 Å². The largest absolute Gasteiger partial charge is 0.364 e. The van der Waals surface area contributed by atoms with E-state index in [9.17, 15) is 4.79 Å². The first kappa shape index (κ1) is 13.7. The van der Waals surface area contributed by atoms with E-state index in [0.29, 0.717) is 12.5 Å². The van der Waals surface area contributed by atoms with Gasteiger partial charge in [0.05, 0.1) is 0 Å². The van der Waals surface area contributed by atoms with Crippen LogP contribution < -0.4 is 11.3 Å². The number of hydrazine groups is 1. The Morgan fingerprint density at radius 1 is 1.35 bits per heavy atom. The fraction of sp³-hybridized carbons (Fsp3) is 0.462. The van der Waals surface area contributed by atoms with Gasteiger partial charge < -0.3 is 4.74 Å². The van der Waals surface area contributed by atoms with Crippen LogP contribution in [0.4, 0.5) is 0 Å². The quantitative estimate of drug-likeness (QED) is 0.449. The Morgan fingerprint density at radius 3 is 2.53 bits per heavy atom. The molecule has 4 nitrogen and oxygen atoms in total. The number of ether oxygens (including phenoxy) is 1. The standard InChI is InChI=1S/C13H20N2O2/c1-10(2)8-9-17-12(13(16)15-14)11-6-4-3-5-7-11/h3-7,10,12H,8-9,14H2,1-2H3,(H,15,16). The van der Waals surface area contributed by atoms with Crippen LogP contribution in [0.2, 0.25) is 0 Å². The number of hydrogen-bond donors (Lipinski definition) is 2. The molecule has 1 amide bonds. The van der Waals surface area contributed by atoms with Gasteiger partial charge in [-0.1, -0.05) is 44.2 Å². The van der Waals surface area contributed by atoms with Crippen LogP contribution >= 0.6 is 0 Å². The number of nitrogens with two attached hydrogens (primary N) is 1. The number of amides is 1. The Labute approximate surface area is 102 Å². The molecule has 0 aliphatic rings. The molecule has 1 aromatic carbocycles. The fourth-order valence-electron chi connectivity index (χ4n) is 1.45. The molecule has 0 bridgehead atoms. The van der Waals surface area contributed by atoms with Crippen molar-refractivity contribution in [3.8, 4) is 0 Å². The van der Waals surface area contributed by atoms with E-state index in [1.54, 1.807) is 0 Å². The lowest BCUT2D eigenvalue weighted by atomic mass is 10.1. The minimum absolute atomic E-state index is 0.319. The Hall–Kier alpha value is -1.39. The molecular formula is C13H20N2O2. The highest BCUT2D eigenvalue weighted by atomic mass is 16.5. The number of benzene rings is 1. The van der Waals surface area contributed by atoms with E-state index < -0.39 is 6.10 Å². The second-order valence-corrected chi connectivity index (χ2v) is 4.35. The van der Waals surface area contributed by atoms with Gasteiger partial charge in [0.2, 0.25) is 0 Å². The van der Waals surface area contributed by atoms with E-state index in [1.165, 1.54) is 0 Å². The second-order valence-electron chi connectivity index (χ2n) is 4.35. The van der Waals surface area contributed by atoms with Gasteiger partial charge in [0.1, 0.15) is 0 Å². The lowest BCUT2D eigenvalue weighted by molar-refractivity contribution is -0.133. The third-order valence-corrected chi connectivity index (χ3v) is 2.46. The van der Waals surface area contributed by atoms with E-state index in [1.807, 2.05) is 30.3 Å². The van der Waals surface area contributed by atoms with Gasteiger partial charge in [0.15, 0.2) is 6.10 Å². The molecule has 1 rings (SSSR count). The molecule has 94 valence electrons. The lowest BCUT2D eigenvalue weighted by Crippen LogP contribution is -2.36. The predicted molar refractivity (Wildman–Crippen MR) is 66.9 cm³/mol. The third kappa shape index (κ3) is 4.54. The third-order valence-electron chi connectivity index (χ3n) is 2.46. The van der Waals surface area contributed by atoms with Crippen LogP contribution in [0.5, 0.6) is 0 Å². The summed E-state index contributed by atoms with van der Waals surface area (Å²) in [6.45, 7) is 4.78. The van der Waals surface area contributed by atoms with Crippen LogP contribution in [0.1, 0.15) is 31.9 Å². The summed E-state index contributed by atoms with van der Waals surface area (Å²) in [5, 5.41) is 0. The lowest BCUT2D eigenvalue weighted by Gasteiger charge is -2.17. The van der Waals surface area contributed by atoms with Crippen LogP contribution in [0.3, 0.4) is 0 Å². The summed E-state index contributed by atoms with van der Waals surface area (Å²) in [4.78, 5) is 11.6. The van der Waals surface area contributed by atoms with Crippen molar-refractivity contribution in [3.05, 3.63) is 35.9 Å². The zero-order valence-electron chi connectivity index (χ0n) is 10.3. The molecule has 0 aliphatic carbocycles. The van der Waals surface area contributed by atoms with Gasteiger partial charge in [0.25, 0.3) is 5.91 Å². The molecule has 4 heteroatoms. The van der Waals surface area contributed by atoms with Crippen LogP contribution in [0, 0.1) is 5.92 Å². The van der Waals surface area contributed by atoms with Crippen molar-refractivity contribution in [2.24, 2.45) is 11.8 Å². The van der Waals surface area contributed by atoms with E-state index in [4.69, 9.17) is 10.6 Å². The van der Waals surface area contributed by atoms with Gasteiger partial charge >= 0.3 is 0 Å². The fourth-order valence-corrected chi connectivity index (χ4v) is 1.45. The molecule has 1 atom stereocenters. The van der Waals surface area contributed by atoms with Gasteiger partial charge in [-0.2, -0.15) is 0 Å².